The highest BCUT2D eigenvalue weighted by Crippen LogP contribution is 2.28. The fraction of sp³-hybridized carbons (Fsp3) is 0.400. The number of hydrogen-bond acceptors (Lipinski definition) is 3. The zero-order valence-corrected chi connectivity index (χ0v) is 10.4. The van der Waals surface area contributed by atoms with Gasteiger partial charge in [-0.05, 0) is 35.0 Å². The van der Waals surface area contributed by atoms with Gasteiger partial charge in [0.25, 0.3) is 0 Å². The molecule has 1 aromatic rings. The van der Waals surface area contributed by atoms with Crippen molar-refractivity contribution in [3.63, 3.8) is 0 Å². The van der Waals surface area contributed by atoms with Crippen LogP contribution in [-0.2, 0) is 0 Å². The Morgan fingerprint density at radius 3 is 2.71 bits per heavy atom. The normalized spacial score (nSPS) is 15.1. The molecule has 0 aliphatic rings. The predicted molar refractivity (Wildman–Crippen MR) is 64.5 cm³/mol. The molecule has 4 heteroatoms. The maximum Gasteiger partial charge on any atom is 0.0616 e. The fourth-order valence-electron chi connectivity index (χ4n) is 0.850. The zero-order valence-electron chi connectivity index (χ0n) is 8.03. The standard InChI is InChI=1S/C10H14BrNOS/c1-10(12,6-13)7-14-9-5-3-2-4-8(9)11/h2-5,13H,6-7,12H2,1H3. The molecule has 2 nitrogen and oxygen atoms in total. The second-order valence-electron chi connectivity index (χ2n) is 3.53. The van der Waals surface area contributed by atoms with Crippen molar-refractivity contribution in [2.75, 3.05) is 12.4 Å². The maximum absolute atomic E-state index is 8.99. The molecule has 1 aromatic carbocycles. The Morgan fingerprint density at radius 1 is 1.50 bits per heavy atom. The molecule has 14 heavy (non-hydrogen) atoms. The van der Waals surface area contributed by atoms with Gasteiger partial charge in [-0.3, -0.25) is 0 Å². The van der Waals surface area contributed by atoms with Gasteiger partial charge in [0.05, 0.1) is 6.61 Å². The number of halogens is 1. The third kappa shape index (κ3) is 3.61. The highest BCUT2D eigenvalue weighted by atomic mass is 79.9. The van der Waals surface area contributed by atoms with E-state index in [1.54, 1.807) is 11.8 Å². The van der Waals surface area contributed by atoms with Gasteiger partial charge in [-0.15, -0.1) is 11.8 Å². The van der Waals surface area contributed by atoms with E-state index in [1.807, 2.05) is 31.2 Å². The summed E-state index contributed by atoms with van der Waals surface area (Å²) < 4.78 is 1.07. The van der Waals surface area contributed by atoms with Gasteiger partial charge < -0.3 is 10.8 Å². The second-order valence-corrected chi connectivity index (χ2v) is 5.40. The lowest BCUT2D eigenvalue weighted by molar-refractivity contribution is 0.224. The molecule has 0 fully saturated rings. The average Bonchev–Trinajstić information content (AvgIpc) is 2.17. The van der Waals surface area contributed by atoms with Crippen LogP contribution in [0.4, 0.5) is 0 Å². The van der Waals surface area contributed by atoms with Gasteiger partial charge in [0.2, 0.25) is 0 Å². The van der Waals surface area contributed by atoms with E-state index >= 15 is 0 Å². The van der Waals surface area contributed by atoms with Crippen molar-refractivity contribution in [1.82, 2.24) is 0 Å². The third-order valence-electron chi connectivity index (χ3n) is 1.76. The van der Waals surface area contributed by atoms with E-state index in [2.05, 4.69) is 15.9 Å². The Labute approximate surface area is 97.0 Å². The molecule has 1 rings (SSSR count). The van der Waals surface area contributed by atoms with E-state index in [9.17, 15) is 0 Å². The molecule has 1 unspecified atom stereocenters. The molecule has 0 amide bonds. The molecule has 1 atom stereocenters. The summed E-state index contributed by atoms with van der Waals surface area (Å²) in [6, 6.07) is 7.99. The van der Waals surface area contributed by atoms with Crippen LogP contribution in [0.3, 0.4) is 0 Å². The first-order chi connectivity index (χ1) is 6.55. The van der Waals surface area contributed by atoms with Crippen LogP contribution < -0.4 is 5.73 Å². The molecule has 0 spiro atoms. The van der Waals surface area contributed by atoms with E-state index in [0.717, 1.165) is 9.37 Å². The lowest BCUT2D eigenvalue weighted by atomic mass is 10.1. The molecule has 0 aliphatic carbocycles. The Morgan fingerprint density at radius 2 is 2.14 bits per heavy atom. The number of aliphatic hydroxyl groups excluding tert-OH is 1. The minimum atomic E-state index is -0.514. The summed E-state index contributed by atoms with van der Waals surface area (Å²) >= 11 is 5.11. The Balaban J connectivity index is 2.58. The number of rotatable bonds is 4. The Hall–Kier alpha value is -0.0300. The monoisotopic (exact) mass is 275 g/mol. The molecule has 0 saturated heterocycles. The molecule has 3 N–H and O–H groups in total. The molecule has 0 aliphatic heterocycles. The number of benzene rings is 1. The fourth-order valence-corrected chi connectivity index (χ4v) is 2.44. The molecule has 0 saturated carbocycles. The van der Waals surface area contributed by atoms with Gasteiger partial charge in [0, 0.05) is 20.7 Å². The summed E-state index contributed by atoms with van der Waals surface area (Å²) in [5, 5.41) is 8.99. The SMILES string of the molecule is CC(N)(CO)CSc1ccccc1Br. The summed E-state index contributed by atoms with van der Waals surface area (Å²) in [4.78, 5) is 1.15. The number of thioether (sulfide) groups is 1. The van der Waals surface area contributed by atoms with Crippen LogP contribution in [0, 0.1) is 0 Å². The number of aliphatic hydroxyl groups is 1. The van der Waals surface area contributed by atoms with Crippen LogP contribution in [0.15, 0.2) is 33.6 Å². The lowest BCUT2D eigenvalue weighted by Gasteiger charge is -2.21. The number of hydrogen-bond donors (Lipinski definition) is 2. The quantitative estimate of drug-likeness (QED) is 0.829. The zero-order chi connectivity index (χ0) is 10.6. The number of nitrogens with two attached hydrogens (primary N) is 1. The maximum atomic E-state index is 8.99. The summed E-state index contributed by atoms with van der Waals surface area (Å²) in [5.74, 6) is 0.701. The Bertz CT molecular complexity index is 304. The minimum absolute atomic E-state index is 0.00442. The third-order valence-corrected chi connectivity index (χ3v) is 4.18. The minimum Gasteiger partial charge on any atom is -0.394 e. The van der Waals surface area contributed by atoms with Crippen molar-refractivity contribution in [2.45, 2.75) is 17.4 Å². The molecular weight excluding hydrogens is 262 g/mol. The van der Waals surface area contributed by atoms with Gasteiger partial charge in [-0.2, -0.15) is 0 Å². The summed E-state index contributed by atoms with van der Waals surface area (Å²) in [5.41, 5.74) is 5.31. The van der Waals surface area contributed by atoms with E-state index in [0.29, 0.717) is 5.75 Å². The van der Waals surface area contributed by atoms with Gasteiger partial charge in [0.15, 0.2) is 0 Å². The Kier molecular flexibility index (Phi) is 4.44. The summed E-state index contributed by atoms with van der Waals surface area (Å²) in [6.07, 6.45) is 0. The van der Waals surface area contributed by atoms with E-state index in [4.69, 9.17) is 10.8 Å². The van der Waals surface area contributed by atoms with Gasteiger partial charge in [-0.1, -0.05) is 12.1 Å². The van der Waals surface area contributed by atoms with Crippen LogP contribution in [0.25, 0.3) is 0 Å². The van der Waals surface area contributed by atoms with Crippen LogP contribution in [-0.4, -0.2) is 23.0 Å². The van der Waals surface area contributed by atoms with Crippen LogP contribution in [0.5, 0.6) is 0 Å². The lowest BCUT2D eigenvalue weighted by Crippen LogP contribution is -2.42. The van der Waals surface area contributed by atoms with Crippen molar-refractivity contribution in [2.24, 2.45) is 5.73 Å². The topological polar surface area (TPSA) is 46.2 Å². The molecule has 0 bridgehead atoms. The summed E-state index contributed by atoms with van der Waals surface area (Å²) in [6.45, 7) is 1.85. The van der Waals surface area contributed by atoms with Crippen LogP contribution >= 0.6 is 27.7 Å². The first-order valence-corrected chi connectivity index (χ1v) is 6.10. The van der Waals surface area contributed by atoms with Crippen LogP contribution in [0.1, 0.15) is 6.92 Å². The van der Waals surface area contributed by atoms with Gasteiger partial charge >= 0.3 is 0 Å². The molecule has 0 heterocycles. The van der Waals surface area contributed by atoms with Crippen molar-refractivity contribution < 1.29 is 5.11 Å². The van der Waals surface area contributed by atoms with Crippen LogP contribution in [0.2, 0.25) is 0 Å². The van der Waals surface area contributed by atoms with Gasteiger partial charge in [-0.25, -0.2) is 0 Å². The van der Waals surface area contributed by atoms with Gasteiger partial charge in [0.1, 0.15) is 0 Å². The van der Waals surface area contributed by atoms with Crippen molar-refractivity contribution >= 4 is 27.7 Å². The molecule has 78 valence electrons. The largest absolute Gasteiger partial charge is 0.394 e. The van der Waals surface area contributed by atoms with Crippen molar-refractivity contribution in [3.8, 4) is 0 Å². The van der Waals surface area contributed by atoms with Crippen molar-refractivity contribution in [3.05, 3.63) is 28.7 Å². The van der Waals surface area contributed by atoms with E-state index in [1.165, 1.54) is 0 Å². The highest BCUT2D eigenvalue weighted by Gasteiger charge is 2.17. The first kappa shape index (κ1) is 12.0. The smallest absolute Gasteiger partial charge is 0.0616 e. The molecule has 0 radical (unpaired) electrons. The summed E-state index contributed by atoms with van der Waals surface area (Å²) in [7, 11) is 0. The highest BCUT2D eigenvalue weighted by molar-refractivity contribution is 9.10. The average molecular weight is 276 g/mol. The van der Waals surface area contributed by atoms with E-state index in [-0.39, 0.29) is 6.61 Å². The first-order valence-electron chi connectivity index (χ1n) is 4.32. The molecular formula is C10H14BrNOS. The van der Waals surface area contributed by atoms with E-state index < -0.39 is 5.54 Å². The predicted octanol–water partition coefficient (Wildman–Crippen LogP) is 2.25. The van der Waals surface area contributed by atoms with Crippen molar-refractivity contribution in [1.29, 1.82) is 0 Å². The molecule has 0 aromatic heterocycles. The second kappa shape index (κ2) is 5.16.